The van der Waals surface area contributed by atoms with Crippen LogP contribution in [0.2, 0.25) is 0 Å². The summed E-state index contributed by atoms with van der Waals surface area (Å²) in [5.74, 6) is 0.386. The summed E-state index contributed by atoms with van der Waals surface area (Å²) in [6.45, 7) is 7.57. The number of nitrogens with one attached hydrogen (secondary N) is 1. The Bertz CT molecular complexity index is 1560. The van der Waals surface area contributed by atoms with Crippen LogP contribution in [0.1, 0.15) is 66.6 Å². The number of benzene rings is 3. The highest BCUT2D eigenvalue weighted by molar-refractivity contribution is 6.05. The third-order valence-electron chi connectivity index (χ3n) is 8.02. The van der Waals surface area contributed by atoms with Gasteiger partial charge in [-0.1, -0.05) is 68.4 Å². The topological polar surface area (TPSA) is 44.8 Å². The van der Waals surface area contributed by atoms with E-state index in [0.29, 0.717) is 12.0 Å². The number of fused-ring (bicyclic) bond motifs is 3. The monoisotopic (exact) mass is 474 g/mol. The molecule has 0 fully saturated rings. The van der Waals surface area contributed by atoms with Crippen LogP contribution in [0.25, 0.3) is 32.9 Å². The lowest BCUT2D eigenvalue weighted by Crippen LogP contribution is -2.28. The molecule has 4 nitrogen and oxygen atoms in total. The molecule has 0 aliphatic heterocycles. The summed E-state index contributed by atoms with van der Waals surface area (Å²) in [5.41, 5.74) is 10.1. The summed E-state index contributed by atoms with van der Waals surface area (Å²) in [6, 6.07) is 22.6. The predicted molar refractivity (Wildman–Crippen MR) is 149 cm³/mol. The molecule has 0 spiro atoms. The van der Waals surface area contributed by atoms with E-state index in [-0.39, 0.29) is 0 Å². The van der Waals surface area contributed by atoms with Gasteiger partial charge in [-0.2, -0.15) is 5.10 Å². The lowest BCUT2D eigenvalue weighted by molar-refractivity contribution is 0.213. The van der Waals surface area contributed by atoms with Gasteiger partial charge in [-0.3, -0.25) is 15.0 Å². The molecule has 0 saturated carbocycles. The van der Waals surface area contributed by atoms with Gasteiger partial charge in [0.2, 0.25) is 0 Å². The second-order valence-electron chi connectivity index (χ2n) is 10.6. The first-order valence-electron chi connectivity index (χ1n) is 13.2. The van der Waals surface area contributed by atoms with Gasteiger partial charge in [-0.25, -0.2) is 0 Å². The van der Waals surface area contributed by atoms with Gasteiger partial charge in [0.1, 0.15) is 0 Å². The van der Waals surface area contributed by atoms with Gasteiger partial charge in [-0.15, -0.1) is 0 Å². The van der Waals surface area contributed by atoms with Crippen LogP contribution in [0.5, 0.6) is 0 Å². The number of aromatic amines is 1. The molecule has 5 aromatic rings. The fraction of sp³-hybridized carbons (Fsp3) is 0.312. The Hall–Kier alpha value is -3.50. The number of hydrogen-bond acceptors (Lipinski definition) is 3. The number of hydrogen-bond donors (Lipinski definition) is 1. The first-order valence-corrected chi connectivity index (χ1v) is 13.2. The number of pyridine rings is 1. The summed E-state index contributed by atoms with van der Waals surface area (Å²) in [7, 11) is 2.28. The number of aromatic nitrogens is 3. The zero-order valence-corrected chi connectivity index (χ0v) is 21.7. The van der Waals surface area contributed by atoms with Gasteiger partial charge in [-0.05, 0) is 72.9 Å². The van der Waals surface area contributed by atoms with Gasteiger partial charge in [0.25, 0.3) is 0 Å². The Balaban J connectivity index is 1.49. The zero-order valence-electron chi connectivity index (χ0n) is 21.7. The summed E-state index contributed by atoms with van der Waals surface area (Å²) >= 11 is 0. The minimum absolute atomic E-state index is 0.386. The largest absolute Gasteiger partial charge is 0.295 e. The van der Waals surface area contributed by atoms with Gasteiger partial charge in [0, 0.05) is 34.6 Å². The molecular weight excluding hydrogens is 440 g/mol. The predicted octanol–water partition coefficient (Wildman–Crippen LogP) is 7.72. The molecule has 2 aromatic heterocycles. The molecule has 0 saturated heterocycles. The van der Waals surface area contributed by atoms with Crippen LogP contribution in [0.15, 0.2) is 66.9 Å². The number of rotatable bonds is 5. The summed E-state index contributed by atoms with van der Waals surface area (Å²) < 4.78 is 0. The molecule has 1 N–H and O–H groups in total. The summed E-state index contributed by atoms with van der Waals surface area (Å²) in [6.07, 6.45) is 5.59. The van der Waals surface area contributed by atoms with Crippen molar-refractivity contribution in [1.29, 1.82) is 0 Å². The van der Waals surface area contributed by atoms with Crippen LogP contribution in [0.4, 0.5) is 0 Å². The molecule has 3 aromatic carbocycles. The van der Waals surface area contributed by atoms with Crippen molar-refractivity contribution < 1.29 is 0 Å². The van der Waals surface area contributed by atoms with Gasteiger partial charge >= 0.3 is 0 Å². The average Bonchev–Trinajstić information content (AvgIpc) is 3.38. The molecule has 0 amide bonds. The molecule has 6 rings (SSSR count). The second kappa shape index (κ2) is 9.18. The van der Waals surface area contributed by atoms with Crippen LogP contribution in [0, 0.1) is 6.92 Å². The highest BCUT2D eigenvalue weighted by Crippen LogP contribution is 2.40. The molecule has 1 aliphatic rings. The van der Waals surface area contributed by atoms with E-state index in [1.54, 1.807) is 0 Å². The molecule has 0 unspecified atom stereocenters. The molecular formula is C32H34N4. The second-order valence-corrected chi connectivity index (χ2v) is 10.6. The highest BCUT2D eigenvalue weighted by atomic mass is 15.1. The van der Waals surface area contributed by atoms with Crippen LogP contribution >= 0.6 is 0 Å². The van der Waals surface area contributed by atoms with Crippen molar-refractivity contribution in [3.05, 3.63) is 94.8 Å². The van der Waals surface area contributed by atoms with E-state index in [1.807, 2.05) is 6.20 Å². The van der Waals surface area contributed by atoms with Crippen LogP contribution in [-0.2, 0) is 13.0 Å². The Morgan fingerprint density at radius 2 is 1.75 bits per heavy atom. The van der Waals surface area contributed by atoms with Crippen LogP contribution in [0.3, 0.4) is 0 Å². The Kier molecular flexibility index (Phi) is 5.85. The average molecular weight is 475 g/mol. The van der Waals surface area contributed by atoms with E-state index in [4.69, 9.17) is 4.98 Å². The first kappa shape index (κ1) is 22.9. The zero-order chi connectivity index (χ0) is 24.8. The molecule has 36 heavy (non-hydrogen) atoms. The van der Waals surface area contributed by atoms with Gasteiger partial charge in [0.15, 0.2) is 0 Å². The molecule has 0 radical (unpaired) electrons. The standard InChI is InChI=1S/C32H34N4/c1-20(2)23-16-17-29-27(18-33-35-29)31(23)32-26-14-8-7-13-25(26)28(21(3)34-32)19-36(4)30-15-9-11-22-10-5-6-12-24(22)30/h5-8,10,12-14,16-18,20,30H,9,11,15,19H2,1-4H3,(H,33,35)/t30-/m0/s1. The molecule has 4 heteroatoms. The number of aryl methyl sites for hydroxylation is 2. The van der Waals surface area contributed by atoms with Crippen LogP contribution in [-0.4, -0.2) is 27.1 Å². The minimum Gasteiger partial charge on any atom is -0.295 e. The van der Waals surface area contributed by atoms with Crippen LogP contribution < -0.4 is 0 Å². The molecule has 1 aliphatic carbocycles. The Labute approximate surface area is 213 Å². The van der Waals surface area contributed by atoms with Crippen molar-refractivity contribution in [3.63, 3.8) is 0 Å². The van der Waals surface area contributed by atoms with Gasteiger partial charge < -0.3 is 0 Å². The van der Waals surface area contributed by atoms with Gasteiger partial charge in [0.05, 0.1) is 17.4 Å². The van der Waals surface area contributed by atoms with Crippen molar-refractivity contribution in [3.8, 4) is 11.3 Å². The molecule has 182 valence electrons. The number of H-pyrrole nitrogens is 1. The molecule has 1 atom stereocenters. The van der Waals surface area contributed by atoms with E-state index >= 15 is 0 Å². The van der Waals surface area contributed by atoms with Crippen molar-refractivity contribution in [1.82, 2.24) is 20.1 Å². The number of nitrogens with zero attached hydrogens (tertiary/aromatic N) is 3. The van der Waals surface area contributed by atoms with E-state index in [9.17, 15) is 0 Å². The first-order chi connectivity index (χ1) is 17.5. The Morgan fingerprint density at radius 1 is 0.972 bits per heavy atom. The van der Waals surface area contributed by atoms with Crippen molar-refractivity contribution in [2.45, 2.75) is 58.5 Å². The van der Waals surface area contributed by atoms with E-state index < -0.39 is 0 Å². The minimum atomic E-state index is 0.386. The van der Waals surface area contributed by atoms with E-state index in [2.05, 4.69) is 104 Å². The third kappa shape index (κ3) is 3.81. The molecule has 2 heterocycles. The summed E-state index contributed by atoms with van der Waals surface area (Å²) in [5, 5.41) is 11.2. The van der Waals surface area contributed by atoms with E-state index in [1.165, 1.54) is 57.9 Å². The highest BCUT2D eigenvalue weighted by Gasteiger charge is 2.25. The molecule has 0 bridgehead atoms. The lowest BCUT2D eigenvalue weighted by atomic mass is 9.86. The maximum absolute atomic E-state index is 5.32. The van der Waals surface area contributed by atoms with Crippen molar-refractivity contribution in [2.24, 2.45) is 0 Å². The normalized spacial score (nSPS) is 15.8. The van der Waals surface area contributed by atoms with Crippen molar-refractivity contribution >= 4 is 21.7 Å². The maximum Gasteiger partial charge on any atom is 0.0793 e. The summed E-state index contributed by atoms with van der Waals surface area (Å²) in [4.78, 5) is 7.85. The lowest BCUT2D eigenvalue weighted by Gasteiger charge is -2.34. The fourth-order valence-electron chi connectivity index (χ4n) is 6.16. The van der Waals surface area contributed by atoms with Crippen molar-refractivity contribution in [2.75, 3.05) is 7.05 Å². The Morgan fingerprint density at radius 3 is 2.58 bits per heavy atom. The quantitative estimate of drug-likeness (QED) is 0.284. The fourth-order valence-corrected chi connectivity index (χ4v) is 6.16. The van der Waals surface area contributed by atoms with E-state index in [0.717, 1.165) is 28.8 Å². The SMILES string of the molecule is Cc1nc(-c2c(C(C)C)ccc3[nH]ncc23)c2ccccc2c1CN(C)[C@H]1CCCc2ccccc21. The maximum atomic E-state index is 5.32. The smallest absolute Gasteiger partial charge is 0.0793 e. The third-order valence-corrected chi connectivity index (χ3v) is 8.02.